The first-order valence-electron chi connectivity index (χ1n) is 18.9. The molecule has 14 heteroatoms. The second kappa shape index (κ2) is 18.6. The molecule has 54 heavy (non-hydrogen) atoms. The summed E-state index contributed by atoms with van der Waals surface area (Å²) >= 11 is 0. The number of carbonyl (C=O) groups is 1. The number of rotatable bonds is 18. The number of benzene rings is 3. The lowest BCUT2D eigenvalue weighted by atomic mass is 9.79. The van der Waals surface area contributed by atoms with Gasteiger partial charge in [0.05, 0.1) is 6.54 Å². The van der Waals surface area contributed by atoms with Crippen LogP contribution in [0.5, 0.6) is 11.5 Å². The molecule has 0 unspecified atom stereocenters. The average molecular weight is 762 g/mol. The molecule has 2 amide bonds. The first kappa shape index (κ1) is 40.5. The predicted octanol–water partition coefficient (Wildman–Crippen LogP) is 6.01. The number of ether oxygens (including phenoxy) is 1. The number of urea groups is 1. The van der Waals surface area contributed by atoms with Crippen LogP contribution in [0.1, 0.15) is 83.3 Å². The highest BCUT2D eigenvalue weighted by molar-refractivity contribution is 7.89. The summed E-state index contributed by atoms with van der Waals surface area (Å²) in [7, 11) is -3.94. The van der Waals surface area contributed by atoms with Crippen LogP contribution in [0, 0.1) is 0 Å². The molecular weight excluding hydrogens is 707 g/mol. The molecule has 1 aliphatic heterocycles. The SMILES string of the molecule is CCCCCCNC(=O)Nc1ccc(C2(CN=C3NS(=O)(=O)N=C3Nc3ccc(CC(C)(C)NC[C@H](O)COc4ccc(O)cc4)cc3)CCCC2)cc1. The minimum Gasteiger partial charge on any atom is -0.508 e. The van der Waals surface area contributed by atoms with Crippen molar-refractivity contribution in [2.75, 3.05) is 36.9 Å². The van der Waals surface area contributed by atoms with Crippen LogP contribution in [0.2, 0.25) is 0 Å². The Labute approximate surface area is 319 Å². The van der Waals surface area contributed by atoms with Gasteiger partial charge in [-0.2, -0.15) is 8.42 Å². The summed E-state index contributed by atoms with van der Waals surface area (Å²) < 4.78 is 37.2. The molecular formula is C40H55N7O6S. The molecule has 3 aromatic carbocycles. The van der Waals surface area contributed by atoms with Crippen LogP contribution >= 0.6 is 0 Å². The number of nitrogens with zero attached hydrogens (tertiary/aromatic N) is 2. The molecule has 0 bridgehead atoms. The van der Waals surface area contributed by atoms with Crippen LogP contribution in [0.25, 0.3) is 0 Å². The zero-order valence-electron chi connectivity index (χ0n) is 31.5. The molecule has 3 aromatic rings. The first-order chi connectivity index (χ1) is 25.8. The van der Waals surface area contributed by atoms with Crippen molar-refractivity contribution in [2.45, 2.75) is 95.6 Å². The number of anilines is 2. The third kappa shape index (κ3) is 12.2. The maximum atomic E-state index is 12.6. The Morgan fingerprint density at radius 3 is 2.35 bits per heavy atom. The van der Waals surface area contributed by atoms with Gasteiger partial charge in [0.1, 0.15) is 24.2 Å². The van der Waals surface area contributed by atoms with E-state index < -0.39 is 16.3 Å². The smallest absolute Gasteiger partial charge is 0.345 e. The number of β-amino-alcohol motifs (C(OH)–C–C–N with tert-alkyl or cyclic N) is 1. The van der Waals surface area contributed by atoms with E-state index in [0.717, 1.165) is 62.5 Å². The van der Waals surface area contributed by atoms with Gasteiger partial charge in [0, 0.05) is 35.4 Å². The molecule has 1 atom stereocenters. The van der Waals surface area contributed by atoms with Crippen LogP contribution in [0.15, 0.2) is 82.2 Å². The lowest BCUT2D eigenvalue weighted by molar-refractivity contribution is 0.0988. The number of unbranched alkanes of at least 4 members (excludes halogenated alkanes) is 3. The maximum Gasteiger partial charge on any atom is 0.345 e. The predicted molar refractivity (Wildman–Crippen MR) is 215 cm³/mol. The van der Waals surface area contributed by atoms with Crippen molar-refractivity contribution in [3.05, 3.63) is 83.9 Å². The number of hydrogen-bond acceptors (Lipinski definition) is 9. The lowest BCUT2D eigenvalue weighted by Crippen LogP contribution is -2.46. The fourth-order valence-electron chi connectivity index (χ4n) is 6.81. The number of aliphatic hydroxyl groups excluding tert-OH is 1. The number of nitrogens with one attached hydrogen (secondary N) is 5. The maximum absolute atomic E-state index is 12.6. The van der Waals surface area contributed by atoms with Crippen LogP contribution in [0.4, 0.5) is 16.2 Å². The van der Waals surface area contributed by atoms with Gasteiger partial charge >= 0.3 is 16.2 Å². The number of phenolic OH excluding ortho intramolecular Hbond substituents is 1. The molecule has 292 valence electrons. The summed E-state index contributed by atoms with van der Waals surface area (Å²) in [6.45, 7) is 7.74. The quantitative estimate of drug-likeness (QED) is 0.0768. The summed E-state index contributed by atoms with van der Waals surface area (Å²) in [6.07, 6.45) is 8.25. The normalized spacial score (nSPS) is 17.4. The molecule has 5 rings (SSSR count). The van der Waals surface area contributed by atoms with Crippen molar-refractivity contribution < 1.29 is 28.2 Å². The van der Waals surface area contributed by atoms with Crippen LogP contribution < -0.4 is 30.7 Å². The lowest BCUT2D eigenvalue weighted by Gasteiger charge is -2.28. The number of aliphatic hydroxyl groups is 1. The summed E-state index contributed by atoms with van der Waals surface area (Å²) in [6, 6.07) is 21.7. The molecule has 0 spiro atoms. The standard InChI is InChI=1S/C40H55N7O6S/c1-4-5-6-9-24-41-38(50)45-32-16-12-30(13-17-32)40(22-7-8-23-40)28-42-36-37(47-54(51,52)46-36)44-31-14-10-29(11-15-31)25-39(2,3)43-26-34(49)27-53-35-20-18-33(48)19-21-35/h10-21,34,43,48-49H,4-9,22-28H2,1-3H3,(H,42,46)(H,44,47)(H2,41,45,50)/t34-/m0/s1. The highest BCUT2D eigenvalue weighted by Crippen LogP contribution is 2.42. The Hall–Kier alpha value is -4.66. The average Bonchev–Trinajstić information content (AvgIpc) is 3.74. The highest BCUT2D eigenvalue weighted by Gasteiger charge is 2.37. The summed E-state index contributed by atoms with van der Waals surface area (Å²) in [5.41, 5.74) is 2.94. The zero-order valence-corrected chi connectivity index (χ0v) is 32.3. The Bertz CT molecular complexity index is 1840. The van der Waals surface area contributed by atoms with E-state index in [4.69, 9.17) is 9.73 Å². The topological polar surface area (TPSA) is 186 Å². The Kier molecular flexibility index (Phi) is 13.9. The minimum absolute atomic E-state index is 0.112. The largest absolute Gasteiger partial charge is 0.508 e. The van der Waals surface area contributed by atoms with E-state index in [1.165, 1.54) is 12.1 Å². The van der Waals surface area contributed by atoms with Gasteiger partial charge in [-0.15, -0.1) is 4.40 Å². The Balaban J connectivity index is 1.15. The number of amides is 2. The number of hydrogen-bond donors (Lipinski definition) is 7. The van der Waals surface area contributed by atoms with E-state index in [9.17, 15) is 23.4 Å². The van der Waals surface area contributed by atoms with E-state index in [-0.39, 0.29) is 41.0 Å². The van der Waals surface area contributed by atoms with Gasteiger partial charge in [-0.05, 0) is 99.2 Å². The number of aromatic hydroxyl groups is 1. The number of carbonyl (C=O) groups excluding carboxylic acids is 1. The monoisotopic (exact) mass is 761 g/mol. The molecule has 0 aromatic heterocycles. The van der Waals surface area contributed by atoms with Crippen molar-refractivity contribution >= 4 is 39.3 Å². The van der Waals surface area contributed by atoms with Crippen molar-refractivity contribution in [1.82, 2.24) is 15.4 Å². The fraction of sp³-hybridized carbons (Fsp3) is 0.475. The van der Waals surface area contributed by atoms with Crippen molar-refractivity contribution in [2.24, 2.45) is 9.39 Å². The third-order valence-electron chi connectivity index (χ3n) is 9.79. The molecule has 0 radical (unpaired) electrons. The van der Waals surface area contributed by atoms with E-state index in [1.54, 1.807) is 12.1 Å². The summed E-state index contributed by atoms with van der Waals surface area (Å²) in [5, 5.41) is 32.2. The van der Waals surface area contributed by atoms with E-state index in [0.29, 0.717) is 43.2 Å². The summed E-state index contributed by atoms with van der Waals surface area (Å²) in [5.74, 6) is 1.04. The molecule has 13 nitrogen and oxygen atoms in total. The Morgan fingerprint density at radius 2 is 1.67 bits per heavy atom. The van der Waals surface area contributed by atoms with Gasteiger partial charge in [-0.3, -0.25) is 4.99 Å². The highest BCUT2D eigenvalue weighted by atomic mass is 32.2. The van der Waals surface area contributed by atoms with Crippen molar-refractivity contribution in [3.8, 4) is 11.5 Å². The molecule has 7 N–H and O–H groups in total. The van der Waals surface area contributed by atoms with Crippen LogP contribution in [0.3, 0.4) is 0 Å². The third-order valence-corrected chi connectivity index (χ3v) is 10.7. The molecule has 0 saturated heterocycles. The minimum atomic E-state index is -3.94. The van der Waals surface area contributed by atoms with Crippen molar-refractivity contribution in [1.29, 1.82) is 0 Å². The van der Waals surface area contributed by atoms with Gasteiger partial charge in [-0.1, -0.05) is 63.3 Å². The van der Waals surface area contributed by atoms with Crippen LogP contribution in [-0.4, -0.2) is 74.2 Å². The second-order valence-corrected chi connectivity index (χ2v) is 16.2. The number of aliphatic imine (C=N–C) groups is 1. The molecule has 1 fully saturated rings. The molecule has 1 saturated carbocycles. The molecule has 2 aliphatic rings. The second-order valence-electron chi connectivity index (χ2n) is 14.9. The van der Waals surface area contributed by atoms with Gasteiger partial charge in [0.15, 0.2) is 11.7 Å². The van der Waals surface area contributed by atoms with Crippen LogP contribution in [-0.2, 0) is 22.0 Å². The molecule has 1 heterocycles. The van der Waals surface area contributed by atoms with Gasteiger partial charge in [0.25, 0.3) is 0 Å². The van der Waals surface area contributed by atoms with Gasteiger partial charge in [-0.25, -0.2) is 9.52 Å². The Morgan fingerprint density at radius 1 is 0.981 bits per heavy atom. The zero-order chi connectivity index (χ0) is 38.6. The first-order valence-corrected chi connectivity index (χ1v) is 20.3. The van der Waals surface area contributed by atoms with E-state index >= 15 is 0 Å². The van der Waals surface area contributed by atoms with E-state index in [2.05, 4.69) is 51.2 Å². The molecule has 1 aliphatic carbocycles. The van der Waals surface area contributed by atoms with Gasteiger partial charge < -0.3 is 36.2 Å². The fourth-order valence-corrected chi connectivity index (χ4v) is 7.63. The summed E-state index contributed by atoms with van der Waals surface area (Å²) in [4.78, 5) is 17.2. The van der Waals surface area contributed by atoms with E-state index in [1.807, 2.05) is 48.5 Å². The number of amidine groups is 2. The number of phenols is 1. The van der Waals surface area contributed by atoms with Gasteiger partial charge in [0.2, 0.25) is 0 Å². The van der Waals surface area contributed by atoms with Crippen molar-refractivity contribution in [3.63, 3.8) is 0 Å².